The van der Waals surface area contributed by atoms with Gasteiger partial charge in [0.1, 0.15) is 0 Å². The number of aryl methyl sites for hydroxylation is 2. The Labute approximate surface area is 125 Å². The average Bonchev–Trinajstić information content (AvgIpc) is 2.51. The van der Waals surface area contributed by atoms with Crippen molar-refractivity contribution < 1.29 is 5.11 Å². The van der Waals surface area contributed by atoms with E-state index in [0.717, 1.165) is 43.0 Å². The molecule has 4 heteroatoms. The summed E-state index contributed by atoms with van der Waals surface area (Å²) < 4.78 is 0. The number of nitrogens with zero attached hydrogens (tertiary/aromatic N) is 3. The van der Waals surface area contributed by atoms with Gasteiger partial charge in [-0.05, 0) is 56.0 Å². The van der Waals surface area contributed by atoms with Gasteiger partial charge in [-0.2, -0.15) is 0 Å². The van der Waals surface area contributed by atoms with Crippen LogP contribution in [0.1, 0.15) is 24.0 Å². The molecule has 1 N–H and O–H groups in total. The van der Waals surface area contributed by atoms with Gasteiger partial charge in [-0.3, -0.25) is 0 Å². The van der Waals surface area contributed by atoms with Gasteiger partial charge >= 0.3 is 0 Å². The second-order valence-electron chi connectivity index (χ2n) is 5.79. The van der Waals surface area contributed by atoms with Gasteiger partial charge in [0.05, 0.1) is 11.8 Å². The van der Waals surface area contributed by atoms with Crippen molar-refractivity contribution in [2.24, 2.45) is 0 Å². The van der Waals surface area contributed by atoms with Crippen LogP contribution in [-0.4, -0.2) is 34.5 Å². The van der Waals surface area contributed by atoms with Crippen LogP contribution < -0.4 is 4.90 Å². The van der Waals surface area contributed by atoms with Crippen molar-refractivity contribution in [1.82, 2.24) is 10.2 Å². The van der Waals surface area contributed by atoms with E-state index in [1.165, 1.54) is 11.1 Å². The van der Waals surface area contributed by atoms with Crippen LogP contribution in [-0.2, 0) is 0 Å². The lowest BCUT2D eigenvalue weighted by Gasteiger charge is -2.30. The molecule has 0 aliphatic carbocycles. The van der Waals surface area contributed by atoms with Gasteiger partial charge in [0.2, 0.25) is 0 Å². The Morgan fingerprint density at radius 1 is 1.00 bits per heavy atom. The van der Waals surface area contributed by atoms with Crippen LogP contribution >= 0.6 is 0 Å². The van der Waals surface area contributed by atoms with E-state index in [2.05, 4.69) is 47.1 Å². The van der Waals surface area contributed by atoms with Gasteiger partial charge in [0, 0.05) is 18.7 Å². The molecule has 0 radical (unpaired) electrons. The van der Waals surface area contributed by atoms with E-state index in [4.69, 9.17) is 0 Å². The lowest BCUT2D eigenvalue weighted by atomic mass is 10.0. The van der Waals surface area contributed by atoms with Crippen molar-refractivity contribution in [3.63, 3.8) is 0 Å². The first-order valence-electron chi connectivity index (χ1n) is 7.48. The predicted octanol–water partition coefficient (Wildman–Crippen LogP) is 2.72. The minimum absolute atomic E-state index is 0.163. The van der Waals surface area contributed by atoms with Crippen molar-refractivity contribution >= 4 is 5.82 Å². The molecular formula is C17H21N3O. The molecule has 1 aliphatic rings. The third kappa shape index (κ3) is 3.05. The summed E-state index contributed by atoms with van der Waals surface area (Å²) >= 11 is 0. The molecule has 2 heterocycles. The summed E-state index contributed by atoms with van der Waals surface area (Å²) in [6.45, 7) is 5.91. The minimum Gasteiger partial charge on any atom is -0.393 e. The van der Waals surface area contributed by atoms with Gasteiger partial charge in [0.25, 0.3) is 0 Å². The second kappa shape index (κ2) is 5.82. The molecule has 1 fully saturated rings. The Morgan fingerprint density at radius 3 is 2.38 bits per heavy atom. The van der Waals surface area contributed by atoms with Crippen LogP contribution in [0, 0.1) is 13.8 Å². The zero-order valence-corrected chi connectivity index (χ0v) is 12.6. The predicted molar refractivity (Wildman–Crippen MR) is 84.4 cm³/mol. The normalized spacial score (nSPS) is 16.2. The monoisotopic (exact) mass is 283 g/mol. The van der Waals surface area contributed by atoms with E-state index >= 15 is 0 Å². The van der Waals surface area contributed by atoms with Gasteiger partial charge in [0.15, 0.2) is 5.82 Å². The summed E-state index contributed by atoms with van der Waals surface area (Å²) in [5.41, 5.74) is 4.56. The van der Waals surface area contributed by atoms with E-state index in [1.54, 1.807) is 0 Å². The van der Waals surface area contributed by atoms with Gasteiger partial charge in [-0.1, -0.05) is 12.1 Å². The molecule has 0 amide bonds. The molecule has 0 atom stereocenters. The molecule has 0 unspecified atom stereocenters. The molecule has 1 aliphatic heterocycles. The maximum Gasteiger partial charge on any atom is 0.151 e. The van der Waals surface area contributed by atoms with Crippen molar-refractivity contribution in [3.8, 4) is 11.3 Å². The molecule has 2 aromatic rings. The molecule has 0 bridgehead atoms. The number of aromatic nitrogens is 2. The maximum absolute atomic E-state index is 9.55. The lowest BCUT2D eigenvalue weighted by molar-refractivity contribution is 0.145. The summed E-state index contributed by atoms with van der Waals surface area (Å²) in [6.07, 6.45) is 1.45. The third-order valence-corrected chi connectivity index (χ3v) is 4.24. The number of hydrogen-bond donors (Lipinski definition) is 1. The molecule has 1 aromatic heterocycles. The summed E-state index contributed by atoms with van der Waals surface area (Å²) in [6, 6.07) is 10.4. The molecular weight excluding hydrogens is 262 g/mol. The number of hydrogen-bond acceptors (Lipinski definition) is 4. The molecule has 4 nitrogen and oxygen atoms in total. The van der Waals surface area contributed by atoms with Crippen LogP contribution in [0.5, 0.6) is 0 Å². The van der Waals surface area contributed by atoms with E-state index < -0.39 is 0 Å². The first-order chi connectivity index (χ1) is 10.1. The lowest BCUT2D eigenvalue weighted by Crippen LogP contribution is -2.36. The SMILES string of the molecule is Cc1ccc(-c2ccc(N3CCC(O)CC3)nn2)cc1C. The number of rotatable bonds is 2. The van der Waals surface area contributed by atoms with Crippen molar-refractivity contribution in [2.75, 3.05) is 18.0 Å². The number of anilines is 1. The molecule has 0 saturated carbocycles. The zero-order valence-electron chi connectivity index (χ0n) is 12.6. The first-order valence-corrected chi connectivity index (χ1v) is 7.48. The van der Waals surface area contributed by atoms with Crippen LogP contribution in [0.4, 0.5) is 5.82 Å². The summed E-state index contributed by atoms with van der Waals surface area (Å²) in [5.74, 6) is 0.898. The van der Waals surface area contributed by atoms with E-state index in [9.17, 15) is 5.11 Å². The Morgan fingerprint density at radius 2 is 1.76 bits per heavy atom. The summed E-state index contributed by atoms with van der Waals surface area (Å²) in [7, 11) is 0. The highest BCUT2D eigenvalue weighted by Gasteiger charge is 2.18. The standard InChI is InChI=1S/C17H21N3O/c1-12-3-4-14(11-13(12)2)16-5-6-17(19-18-16)20-9-7-15(21)8-10-20/h3-6,11,15,21H,7-10H2,1-2H3. The van der Waals surface area contributed by atoms with Gasteiger partial charge in [-0.25, -0.2) is 0 Å². The molecule has 110 valence electrons. The molecule has 3 rings (SSSR count). The maximum atomic E-state index is 9.55. The Balaban J connectivity index is 1.79. The minimum atomic E-state index is -0.163. The van der Waals surface area contributed by atoms with Crippen molar-refractivity contribution in [3.05, 3.63) is 41.5 Å². The van der Waals surface area contributed by atoms with Gasteiger partial charge in [-0.15, -0.1) is 10.2 Å². The third-order valence-electron chi connectivity index (χ3n) is 4.24. The molecule has 0 spiro atoms. The highest BCUT2D eigenvalue weighted by molar-refractivity contribution is 5.61. The number of benzene rings is 1. The fraction of sp³-hybridized carbons (Fsp3) is 0.412. The second-order valence-corrected chi connectivity index (χ2v) is 5.79. The molecule has 21 heavy (non-hydrogen) atoms. The van der Waals surface area contributed by atoms with Crippen LogP contribution in [0.2, 0.25) is 0 Å². The van der Waals surface area contributed by atoms with E-state index in [1.807, 2.05) is 12.1 Å². The van der Waals surface area contributed by atoms with Crippen LogP contribution in [0.15, 0.2) is 30.3 Å². The van der Waals surface area contributed by atoms with Gasteiger partial charge < -0.3 is 10.0 Å². The van der Waals surface area contributed by atoms with E-state index in [0.29, 0.717) is 0 Å². The topological polar surface area (TPSA) is 49.2 Å². The van der Waals surface area contributed by atoms with Crippen LogP contribution in [0.25, 0.3) is 11.3 Å². The highest BCUT2D eigenvalue weighted by atomic mass is 16.3. The van der Waals surface area contributed by atoms with E-state index in [-0.39, 0.29) is 6.10 Å². The quantitative estimate of drug-likeness (QED) is 0.920. The summed E-state index contributed by atoms with van der Waals surface area (Å²) in [4.78, 5) is 2.18. The number of aliphatic hydroxyl groups excluding tert-OH is 1. The Bertz CT molecular complexity index is 616. The van der Waals surface area contributed by atoms with Crippen molar-refractivity contribution in [2.45, 2.75) is 32.8 Å². The fourth-order valence-corrected chi connectivity index (χ4v) is 2.64. The summed E-state index contributed by atoms with van der Waals surface area (Å²) in [5, 5.41) is 18.3. The zero-order chi connectivity index (χ0) is 14.8. The molecule has 1 aromatic carbocycles. The smallest absolute Gasteiger partial charge is 0.151 e. The fourth-order valence-electron chi connectivity index (χ4n) is 2.64. The molecule has 1 saturated heterocycles. The number of aliphatic hydroxyl groups is 1. The van der Waals surface area contributed by atoms with Crippen molar-refractivity contribution in [1.29, 1.82) is 0 Å². The first kappa shape index (κ1) is 14.0. The van der Waals surface area contributed by atoms with Crippen LogP contribution in [0.3, 0.4) is 0 Å². The highest BCUT2D eigenvalue weighted by Crippen LogP contribution is 2.22. The average molecular weight is 283 g/mol. The Hall–Kier alpha value is -1.94. The largest absolute Gasteiger partial charge is 0.393 e. The number of piperidine rings is 1. The Kier molecular flexibility index (Phi) is 3.88.